The number of hydrogen-bond acceptors (Lipinski definition) is 3. The minimum Gasteiger partial charge on any atom is -0.332 e. The number of carbonyl (C=O) groups excluding carboxylic acids is 3. The van der Waals surface area contributed by atoms with Crippen LogP contribution in [-0.2, 0) is 21.5 Å². The van der Waals surface area contributed by atoms with Gasteiger partial charge in [0.05, 0.1) is 0 Å². The van der Waals surface area contributed by atoms with E-state index in [2.05, 4.69) is 55.8 Å². The smallest absolute Gasteiger partial charge is 0.332 e. The number of hydrogen-bond donors (Lipinski definition) is 3. The van der Waals surface area contributed by atoms with Gasteiger partial charge in [0.25, 0.3) is 11.8 Å². The summed E-state index contributed by atoms with van der Waals surface area (Å²) < 4.78 is 0. The highest BCUT2D eigenvalue weighted by Crippen LogP contribution is 2.27. The Labute approximate surface area is 183 Å². The summed E-state index contributed by atoms with van der Waals surface area (Å²) in [5, 5.41) is 5.41. The monoisotopic (exact) mass is 423 g/mol. The van der Waals surface area contributed by atoms with E-state index in [9.17, 15) is 14.4 Å². The van der Waals surface area contributed by atoms with Crippen LogP contribution < -0.4 is 16.1 Å². The molecule has 0 spiro atoms. The molecule has 7 heteroatoms. The second-order valence-electron chi connectivity index (χ2n) is 8.40. The quantitative estimate of drug-likeness (QED) is 0.567. The third-order valence-corrected chi connectivity index (χ3v) is 5.83. The summed E-state index contributed by atoms with van der Waals surface area (Å²) in [6.07, 6.45) is 0.979. The van der Waals surface area contributed by atoms with E-state index in [4.69, 9.17) is 0 Å². The van der Waals surface area contributed by atoms with Crippen molar-refractivity contribution in [3.8, 4) is 0 Å². The number of carbonyl (C=O) groups is 3. The fourth-order valence-electron chi connectivity index (χ4n) is 3.88. The maximum absolute atomic E-state index is 12.9. The van der Waals surface area contributed by atoms with Gasteiger partial charge in [-0.15, -0.1) is 0 Å². The third-order valence-electron chi connectivity index (χ3n) is 5.83. The second kappa shape index (κ2) is 9.31. The van der Waals surface area contributed by atoms with E-state index >= 15 is 0 Å². The first kappa shape index (κ1) is 22.5. The van der Waals surface area contributed by atoms with Crippen LogP contribution >= 0.6 is 0 Å². The number of rotatable bonds is 8. The number of amides is 4. The van der Waals surface area contributed by atoms with Gasteiger partial charge >= 0.3 is 6.03 Å². The molecule has 2 atom stereocenters. The van der Waals surface area contributed by atoms with Gasteiger partial charge in [0.1, 0.15) is 11.6 Å². The molecule has 0 saturated carbocycles. The van der Waals surface area contributed by atoms with E-state index in [1.165, 1.54) is 5.56 Å². The minimum atomic E-state index is -1.21. The molecule has 1 heterocycles. The molecule has 0 aromatic heterocycles. The zero-order valence-corrected chi connectivity index (χ0v) is 18.5. The van der Waals surface area contributed by atoms with Crippen molar-refractivity contribution in [1.82, 2.24) is 15.8 Å². The van der Waals surface area contributed by atoms with Gasteiger partial charge in [-0.3, -0.25) is 15.0 Å². The topological polar surface area (TPSA) is 95.1 Å². The number of urea groups is 1. The summed E-state index contributed by atoms with van der Waals surface area (Å²) in [4.78, 5) is 37.9. The highest BCUT2D eigenvalue weighted by Gasteiger charge is 2.50. The van der Waals surface area contributed by atoms with E-state index in [1.54, 1.807) is 31.2 Å². The Balaban J connectivity index is 1.64. The summed E-state index contributed by atoms with van der Waals surface area (Å²) in [7, 11) is 0. The summed E-state index contributed by atoms with van der Waals surface area (Å²) in [6.45, 7) is 8.06. The van der Waals surface area contributed by atoms with Crippen molar-refractivity contribution in [3.63, 3.8) is 0 Å². The summed E-state index contributed by atoms with van der Waals surface area (Å²) in [5.41, 5.74) is 4.33. The van der Waals surface area contributed by atoms with Crippen LogP contribution in [0.15, 0.2) is 54.6 Å². The Morgan fingerprint density at radius 2 is 1.74 bits per heavy atom. The van der Waals surface area contributed by atoms with Gasteiger partial charge in [0.15, 0.2) is 6.54 Å². The molecule has 4 N–H and O–H groups in total. The van der Waals surface area contributed by atoms with Crippen LogP contribution in [0.5, 0.6) is 0 Å². The first-order chi connectivity index (χ1) is 14.8. The molecule has 1 aliphatic rings. The fourth-order valence-corrected chi connectivity index (χ4v) is 3.88. The molecule has 1 saturated heterocycles. The lowest BCUT2D eigenvalue weighted by molar-refractivity contribution is -0.692. The number of aryl methyl sites for hydroxylation is 1. The van der Waals surface area contributed by atoms with Crippen LogP contribution in [-0.4, -0.2) is 29.4 Å². The average molecular weight is 424 g/mol. The minimum absolute atomic E-state index is 0.0920. The van der Waals surface area contributed by atoms with Gasteiger partial charge in [-0.2, -0.15) is 5.01 Å². The number of nitrogens with one attached hydrogen (secondary N) is 2. The van der Waals surface area contributed by atoms with Crippen molar-refractivity contribution in [2.45, 2.75) is 45.7 Å². The standard InChI is InChI=1S/C24H30N4O3/c1-5-17-11-13-18(14-12-17)21(16(2)3)25-15-20(29)27-28-22(30)24(4,26-23(28)31)19-9-7-6-8-10-19/h6-14,16,21,25H,5,15H2,1-4H3,(H,26,31)(H,27,29)/p+1/t21-,24+/m0/s1. The summed E-state index contributed by atoms with van der Waals surface area (Å²) in [6, 6.07) is 16.8. The molecule has 0 radical (unpaired) electrons. The predicted octanol–water partition coefficient (Wildman–Crippen LogP) is 2.01. The van der Waals surface area contributed by atoms with E-state index in [0.29, 0.717) is 11.5 Å². The van der Waals surface area contributed by atoms with Crippen molar-refractivity contribution in [2.24, 2.45) is 5.92 Å². The number of imide groups is 1. The maximum Gasteiger partial charge on any atom is 0.344 e. The number of quaternary nitrogens is 1. The molecular weight excluding hydrogens is 392 g/mol. The van der Waals surface area contributed by atoms with Crippen LogP contribution in [0.3, 0.4) is 0 Å². The van der Waals surface area contributed by atoms with Gasteiger partial charge in [0, 0.05) is 11.5 Å². The lowest BCUT2D eigenvalue weighted by Crippen LogP contribution is -2.88. The average Bonchev–Trinajstić information content (AvgIpc) is 2.98. The molecule has 7 nitrogen and oxygen atoms in total. The molecule has 4 amide bonds. The SMILES string of the molecule is CCc1ccc([C@@H]([NH2+]CC(=O)NN2C(=O)N[C@](C)(c3ccccc3)C2=O)C(C)C)cc1. The Bertz CT molecular complexity index is 943. The number of hydrazine groups is 1. The molecule has 3 rings (SSSR count). The van der Waals surface area contributed by atoms with Gasteiger partial charge in [-0.25, -0.2) is 4.79 Å². The first-order valence-corrected chi connectivity index (χ1v) is 10.7. The predicted molar refractivity (Wildman–Crippen MR) is 118 cm³/mol. The van der Waals surface area contributed by atoms with E-state index in [1.807, 2.05) is 11.4 Å². The Morgan fingerprint density at radius 1 is 1.10 bits per heavy atom. The normalized spacial score (nSPS) is 19.5. The summed E-state index contributed by atoms with van der Waals surface area (Å²) in [5.74, 6) is -0.609. The molecule has 164 valence electrons. The molecule has 0 aliphatic carbocycles. The molecule has 0 bridgehead atoms. The van der Waals surface area contributed by atoms with Gasteiger partial charge in [-0.05, 0) is 24.5 Å². The van der Waals surface area contributed by atoms with Gasteiger partial charge in [-0.1, -0.05) is 75.4 Å². The van der Waals surface area contributed by atoms with Crippen molar-refractivity contribution < 1.29 is 19.7 Å². The maximum atomic E-state index is 12.9. The highest BCUT2D eigenvalue weighted by molar-refractivity contribution is 6.08. The molecule has 31 heavy (non-hydrogen) atoms. The van der Waals surface area contributed by atoms with Crippen LogP contribution in [0.1, 0.15) is 50.4 Å². The molecule has 0 unspecified atom stereocenters. The Kier molecular flexibility index (Phi) is 6.75. The van der Waals surface area contributed by atoms with Crippen LogP contribution in [0.2, 0.25) is 0 Å². The van der Waals surface area contributed by atoms with Gasteiger partial charge < -0.3 is 10.6 Å². The largest absolute Gasteiger partial charge is 0.344 e. The van der Waals surface area contributed by atoms with Crippen molar-refractivity contribution in [2.75, 3.05) is 6.54 Å². The number of nitrogens with zero attached hydrogens (tertiary/aromatic N) is 1. The number of benzene rings is 2. The zero-order chi connectivity index (χ0) is 22.6. The van der Waals surface area contributed by atoms with Crippen molar-refractivity contribution in [1.29, 1.82) is 0 Å². The van der Waals surface area contributed by atoms with E-state index in [0.717, 1.165) is 17.0 Å². The molecule has 1 fully saturated rings. The highest BCUT2D eigenvalue weighted by atomic mass is 16.2. The zero-order valence-electron chi connectivity index (χ0n) is 18.5. The van der Waals surface area contributed by atoms with Gasteiger partial charge in [0.2, 0.25) is 0 Å². The summed E-state index contributed by atoms with van der Waals surface area (Å²) >= 11 is 0. The van der Waals surface area contributed by atoms with Crippen LogP contribution in [0.4, 0.5) is 4.79 Å². The number of nitrogens with two attached hydrogens (primary N) is 1. The van der Waals surface area contributed by atoms with Crippen molar-refractivity contribution >= 4 is 17.8 Å². The Morgan fingerprint density at radius 3 is 2.32 bits per heavy atom. The lowest BCUT2D eigenvalue weighted by atomic mass is 9.92. The van der Waals surface area contributed by atoms with Crippen LogP contribution in [0, 0.1) is 5.92 Å². The first-order valence-electron chi connectivity index (χ1n) is 10.7. The fraction of sp³-hybridized carbons (Fsp3) is 0.375. The third kappa shape index (κ3) is 4.77. The van der Waals surface area contributed by atoms with E-state index < -0.39 is 23.4 Å². The lowest BCUT2D eigenvalue weighted by Gasteiger charge is -2.22. The molecular formula is C24H31N4O3+. The molecule has 2 aromatic carbocycles. The molecule has 1 aliphatic heterocycles. The van der Waals surface area contributed by atoms with Crippen molar-refractivity contribution in [3.05, 3.63) is 71.3 Å². The van der Waals surface area contributed by atoms with E-state index in [-0.39, 0.29) is 12.6 Å². The Hall–Kier alpha value is -3.19. The van der Waals surface area contributed by atoms with Crippen LogP contribution in [0.25, 0.3) is 0 Å². The second-order valence-corrected chi connectivity index (χ2v) is 8.40. The molecule has 2 aromatic rings.